The van der Waals surface area contributed by atoms with Gasteiger partial charge in [-0.1, -0.05) is 93.6 Å². The zero-order valence-electron chi connectivity index (χ0n) is 16.3. The number of rotatable bonds is 6. The molecule has 0 aliphatic carbocycles. The third-order valence-electron chi connectivity index (χ3n) is 4.24. The van der Waals surface area contributed by atoms with Crippen LogP contribution < -0.4 is 10.4 Å². The van der Waals surface area contributed by atoms with Crippen molar-refractivity contribution < 1.29 is 20.8 Å². The molecule has 27 heavy (non-hydrogen) atoms. The molecule has 0 fully saturated rings. The molecule has 136 valence electrons. The Morgan fingerprint density at radius 3 is 1.85 bits per heavy atom. The van der Waals surface area contributed by atoms with Crippen LogP contribution in [0.5, 0.6) is 0 Å². The summed E-state index contributed by atoms with van der Waals surface area (Å²) in [5, 5.41) is 2.55. The van der Waals surface area contributed by atoms with Crippen LogP contribution in [0.3, 0.4) is 0 Å². The maximum absolute atomic E-state index is 6.89. The molecule has 1 nitrogen and oxygen atoms in total. The molecule has 2 aromatic rings. The van der Waals surface area contributed by atoms with Gasteiger partial charge in [-0.2, -0.15) is 6.08 Å². The van der Waals surface area contributed by atoms with Crippen molar-refractivity contribution in [3.8, 4) is 5.92 Å². The molecular weight excluding hydrogens is 466 g/mol. The van der Waals surface area contributed by atoms with Crippen LogP contribution in [-0.2, 0) is 20.8 Å². The Morgan fingerprint density at radius 2 is 1.44 bits per heavy atom. The van der Waals surface area contributed by atoms with Crippen molar-refractivity contribution in [2.75, 3.05) is 6.61 Å². The zero-order valence-corrected chi connectivity index (χ0v) is 21.8. The van der Waals surface area contributed by atoms with Crippen LogP contribution in [0.2, 0.25) is 5.04 Å². The second-order valence-corrected chi connectivity index (χ2v) is 11.2. The average molecular weight is 491 g/mol. The van der Waals surface area contributed by atoms with Crippen molar-refractivity contribution in [3.05, 3.63) is 91.4 Å². The number of hydrogen-bond donors (Lipinski definition) is 0. The zero-order chi connectivity index (χ0) is 20.2. The third kappa shape index (κ3) is 6.40. The van der Waals surface area contributed by atoms with E-state index in [1.165, 1.54) is 26.7 Å². The van der Waals surface area contributed by atoms with Gasteiger partial charge in [0.2, 0.25) is 0 Å². The van der Waals surface area contributed by atoms with Crippen molar-refractivity contribution in [1.82, 2.24) is 0 Å². The summed E-state index contributed by atoms with van der Waals surface area (Å²) >= 11 is 4.25. The van der Waals surface area contributed by atoms with Gasteiger partial charge in [0.05, 0.1) is 6.61 Å². The van der Waals surface area contributed by atoms with Crippen molar-refractivity contribution >= 4 is 32.3 Å². The topological polar surface area (TPSA) is 9.23 Å². The first-order valence-corrected chi connectivity index (χ1v) is 17.6. The summed E-state index contributed by atoms with van der Waals surface area (Å²) in [4.78, 5) is 0. The Balaban J connectivity index is 0.00000176. The van der Waals surface area contributed by atoms with Crippen LogP contribution in [0.15, 0.2) is 85.0 Å². The van der Waals surface area contributed by atoms with Gasteiger partial charge in [0.15, 0.2) is 0 Å². The number of halogens is 1. The standard InChI is InChI=1S/C23H25OSi.BrH.Zn/c1-5-6-7-8-15-20-24-25(23(2,3)4,21-16-11-9-12-17-21)22-18-13-10-14-19-22;;/h6-19H,20H2,2-4H3;1H;/q-1;;+2/p-1/b7-6-,15-8+;;. The van der Waals surface area contributed by atoms with E-state index in [1.807, 2.05) is 12.2 Å². The summed E-state index contributed by atoms with van der Waals surface area (Å²) in [6, 6.07) is 21.2. The van der Waals surface area contributed by atoms with E-state index in [2.05, 4.69) is 101 Å². The second-order valence-electron chi connectivity index (χ2n) is 6.91. The molecule has 0 aliphatic rings. The van der Waals surface area contributed by atoms with E-state index < -0.39 is 8.32 Å². The van der Waals surface area contributed by atoms with Crippen molar-refractivity contribution in [2.24, 2.45) is 0 Å². The molecule has 2 rings (SSSR count). The Kier molecular flexibility index (Phi) is 10.8. The van der Waals surface area contributed by atoms with Gasteiger partial charge < -0.3 is 10.8 Å². The van der Waals surface area contributed by atoms with Crippen LogP contribution in [0.25, 0.3) is 0 Å². The fourth-order valence-electron chi connectivity index (χ4n) is 3.17. The molecule has 0 N–H and O–H groups in total. The summed E-state index contributed by atoms with van der Waals surface area (Å²) in [5.74, 6) is 2.24. The van der Waals surface area contributed by atoms with Gasteiger partial charge in [-0.25, -0.2) is 0 Å². The van der Waals surface area contributed by atoms with Crippen LogP contribution >= 0.6 is 13.6 Å². The van der Waals surface area contributed by atoms with Crippen LogP contribution in [0, 0.1) is 12.3 Å². The van der Waals surface area contributed by atoms with E-state index in [1.54, 1.807) is 12.2 Å². The molecule has 0 saturated carbocycles. The Hall–Kier alpha value is -1.24. The van der Waals surface area contributed by atoms with E-state index in [9.17, 15) is 0 Å². The van der Waals surface area contributed by atoms with E-state index in [4.69, 9.17) is 10.8 Å². The van der Waals surface area contributed by atoms with Crippen LogP contribution in [-0.4, -0.2) is 14.9 Å². The fraction of sp³-hybridized carbons (Fsp3) is 0.217. The molecule has 0 atom stereocenters. The summed E-state index contributed by atoms with van der Waals surface area (Å²) in [7, 11) is -2.45. The molecule has 0 heterocycles. The van der Waals surface area contributed by atoms with Crippen molar-refractivity contribution in [1.29, 1.82) is 0 Å². The fourth-order valence-corrected chi connectivity index (χ4v) is 7.67. The quantitative estimate of drug-likeness (QED) is 0.237. The molecule has 0 saturated heterocycles. The number of benzene rings is 2. The first kappa shape index (κ1) is 23.8. The number of hydrogen-bond acceptors (Lipinski definition) is 1. The van der Waals surface area contributed by atoms with Gasteiger partial charge in [0.25, 0.3) is 8.32 Å². The van der Waals surface area contributed by atoms with Gasteiger partial charge in [-0.05, 0) is 15.4 Å². The molecule has 2 aromatic carbocycles. The molecule has 4 heteroatoms. The SMILES string of the molecule is [C-]#C/C=C\C=C\CO[Si](c1ccccc1)(c1ccccc1)C(C)(C)C.[Zn+][Br]. The van der Waals surface area contributed by atoms with Gasteiger partial charge in [-0.3, -0.25) is 5.92 Å². The van der Waals surface area contributed by atoms with E-state index in [-0.39, 0.29) is 5.04 Å². The summed E-state index contributed by atoms with van der Waals surface area (Å²) in [6.07, 6.45) is 14.2. The predicted molar refractivity (Wildman–Crippen MR) is 118 cm³/mol. The second kappa shape index (κ2) is 12.3. The minimum atomic E-state index is -2.45. The summed E-state index contributed by atoms with van der Waals surface area (Å²) in [5.41, 5.74) is 0. The molecule has 0 amide bonds. The molecule has 0 bridgehead atoms. The predicted octanol–water partition coefficient (Wildman–Crippen LogP) is 5.11. The third-order valence-corrected chi connectivity index (χ3v) is 9.24. The molecule has 0 aromatic heterocycles. The van der Waals surface area contributed by atoms with Gasteiger partial charge >= 0.3 is 30.0 Å². The first-order chi connectivity index (χ1) is 13.0. The van der Waals surface area contributed by atoms with E-state index in [0.717, 1.165) is 0 Å². The van der Waals surface area contributed by atoms with Gasteiger partial charge in [-0.15, -0.1) is 6.08 Å². The van der Waals surface area contributed by atoms with E-state index >= 15 is 0 Å². The van der Waals surface area contributed by atoms with Gasteiger partial charge in [0, 0.05) is 0 Å². The Labute approximate surface area is 182 Å². The minimum absolute atomic E-state index is 0.0118. The molecule has 0 spiro atoms. The summed E-state index contributed by atoms with van der Waals surface area (Å²) < 4.78 is 6.70. The molecular formula is C23H25BrOSiZn. The van der Waals surface area contributed by atoms with Gasteiger partial charge in [0.1, 0.15) is 0 Å². The van der Waals surface area contributed by atoms with Crippen molar-refractivity contribution in [3.63, 3.8) is 0 Å². The Bertz CT molecular complexity index is 719. The van der Waals surface area contributed by atoms with Crippen LogP contribution in [0.1, 0.15) is 20.8 Å². The molecule has 0 aliphatic heterocycles. The Morgan fingerprint density at radius 1 is 0.963 bits per heavy atom. The normalized spacial score (nSPS) is 11.9. The summed E-state index contributed by atoms with van der Waals surface area (Å²) in [6.45, 7) is 7.35. The monoisotopic (exact) mass is 488 g/mol. The van der Waals surface area contributed by atoms with Crippen molar-refractivity contribution in [2.45, 2.75) is 25.8 Å². The van der Waals surface area contributed by atoms with Crippen LogP contribution in [0.4, 0.5) is 0 Å². The first-order valence-electron chi connectivity index (χ1n) is 8.78. The van der Waals surface area contributed by atoms with E-state index in [0.29, 0.717) is 6.61 Å². The average Bonchev–Trinajstić information content (AvgIpc) is 2.69. The maximum atomic E-state index is 6.89. The molecule has 0 radical (unpaired) electrons. The molecule has 0 unspecified atom stereocenters. The number of allylic oxidation sites excluding steroid dienone is 3.